The predicted molar refractivity (Wildman–Crippen MR) is 62.8 cm³/mol. The summed E-state index contributed by atoms with van der Waals surface area (Å²) >= 11 is 0. The molecule has 1 N–H and O–H groups in total. The number of hydrogen-bond donors (Lipinski definition) is 1. The number of nitrogens with one attached hydrogen (secondary N) is 1. The molecule has 0 heterocycles. The molecule has 0 saturated carbocycles. The molecule has 0 aromatic heterocycles. The van der Waals surface area contributed by atoms with Gasteiger partial charge in [0.05, 0.1) is 28.9 Å². The maximum Gasteiger partial charge on any atom is 0.179 e. The van der Waals surface area contributed by atoms with Crippen molar-refractivity contribution in [3.8, 4) is 6.07 Å². The lowest BCUT2D eigenvalue weighted by Gasteiger charge is -2.05. The molecule has 0 radical (unpaired) electrons. The molecule has 0 spiro atoms. The lowest BCUT2D eigenvalue weighted by Crippen LogP contribution is -2.23. The van der Waals surface area contributed by atoms with E-state index < -0.39 is 9.84 Å². The summed E-state index contributed by atoms with van der Waals surface area (Å²) in [4.78, 5) is 5.06. The largest absolute Gasteiger partial charge is 0.302 e. The molecule has 0 fully saturated rings. The fraction of sp³-hybridized carbons (Fsp3) is 0.364. The molecule has 1 rings (SSSR count). The highest BCUT2D eigenvalue weighted by atomic mass is 32.2. The number of benzene rings is 1. The minimum Gasteiger partial charge on any atom is -0.302 e. The van der Waals surface area contributed by atoms with E-state index in [2.05, 4.69) is 5.48 Å². The maximum atomic E-state index is 11.8. The zero-order valence-corrected chi connectivity index (χ0v) is 10.3. The van der Waals surface area contributed by atoms with Crippen molar-refractivity contribution in [2.24, 2.45) is 0 Å². The van der Waals surface area contributed by atoms with Gasteiger partial charge < -0.3 is 4.84 Å². The molecular weight excluding hydrogens is 240 g/mol. The van der Waals surface area contributed by atoms with E-state index in [9.17, 15) is 8.42 Å². The number of nitriles is 1. The van der Waals surface area contributed by atoms with Crippen molar-refractivity contribution < 1.29 is 13.3 Å². The molecule has 17 heavy (non-hydrogen) atoms. The van der Waals surface area contributed by atoms with E-state index >= 15 is 0 Å². The van der Waals surface area contributed by atoms with E-state index in [0.29, 0.717) is 12.2 Å². The normalized spacial score (nSPS) is 11.1. The van der Waals surface area contributed by atoms with Gasteiger partial charge in [0.15, 0.2) is 9.84 Å². The van der Waals surface area contributed by atoms with Gasteiger partial charge in [-0.15, -0.1) is 0 Å². The van der Waals surface area contributed by atoms with Crippen molar-refractivity contribution in [1.29, 1.82) is 5.26 Å². The van der Waals surface area contributed by atoms with Crippen LogP contribution in [0.25, 0.3) is 0 Å². The zero-order valence-electron chi connectivity index (χ0n) is 9.51. The van der Waals surface area contributed by atoms with Crippen molar-refractivity contribution in [2.75, 3.05) is 18.9 Å². The first kappa shape index (κ1) is 13.6. The summed E-state index contributed by atoms with van der Waals surface area (Å²) < 4.78 is 23.6. The number of rotatable bonds is 6. The second-order valence-electron chi connectivity index (χ2n) is 3.28. The fourth-order valence-electron chi connectivity index (χ4n) is 1.20. The topological polar surface area (TPSA) is 79.2 Å². The second kappa shape index (κ2) is 6.35. The second-order valence-corrected chi connectivity index (χ2v) is 5.39. The van der Waals surface area contributed by atoms with Crippen LogP contribution in [0.15, 0.2) is 29.2 Å². The van der Waals surface area contributed by atoms with Gasteiger partial charge in [-0.25, -0.2) is 13.9 Å². The molecule has 92 valence electrons. The van der Waals surface area contributed by atoms with Gasteiger partial charge in [-0.2, -0.15) is 5.26 Å². The van der Waals surface area contributed by atoms with Gasteiger partial charge in [-0.05, 0) is 31.2 Å². The van der Waals surface area contributed by atoms with E-state index in [1.165, 1.54) is 24.3 Å². The molecule has 0 bridgehead atoms. The monoisotopic (exact) mass is 254 g/mol. The summed E-state index contributed by atoms with van der Waals surface area (Å²) in [6.45, 7) is 2.52. The summed E-state index contributed by atoms with van der Waals surface area (Å²) in [5, 5.41) is 8.61. The molecule has 0 unspecified atom stereocenters. The lowest BCUT2D eigenvalue weighted by molar-refractivity contribution is 0.0551. The first-order valence-corrected chi connectivity index (χ1v) is 6.83. The van der Waals surface area contributed by atoms with Crippen LogP contribution in [0.5, 0.6) is 0 Å². The van der Waals surface area contributed by atoms with Crippen LogP contribution in [-0.2, 0) is 14.7 Å². The highest BCUT2D eigenvalue weighted by Gasteiger charge is 2.13. The Morgan fingerprint density at radius 2 is 2.00 bits per heavy atom. The van der Waals surface area contributed by atoms with Crippen LogP contribution in [0.3, 0.4) is 0 Å². The molecule has 0 aliphatic rings. The lowest BCUT2D eigenvalue weighted by atomic mass is 10.2. The number of nitrogens with zero attached hydrogens (tertiary/aromatic N) is 1. The number of hydroxylamine groups is 1. The fourth-order valence-corrected chi connectivity index (χ4v) is 2.34. The van der Waals surface area contributed by atoms with Crippen LogP contribution in [0.4, 0.5) is 0 Å². The Kier molecular flexibility index (Phi) is 5.10. The Balaban J connectivity index is 2.66. The molecule has 1 aromatic carbocycles. The van der Waals surface area contributed by atoms with Gasteiger partial charge in [0.25, 0.3) is 0 Å². The van der Waals surface area contributed by atoms with E-state index in [0.717, 1.165) is 0 Å². The molecule has 0 aliphatic carbocycles. The average molecular weight is 254 g/mol. The molecule has 6 heteroatoms. The summed E-state index contributed by atoms with van der Waals surface area (Å²) in [6, 6.07) is 7.79. The Morgan fingerprint density at radius 3 is 2.53 bits per heavy atom. The van der Waals surface area contributed by atoms with Gasteiger partial charge in [0, 0.05) is 6.54 Å². The Morgan fingerprint density at radius 1 is 1.35 bits per heavy atom. The highest BCUT2D eigenvalue weighted by Crippen LogP contribution is 2.11. The minimum absolute atomic E-state index is 0.0428. The number of sulfone groups is 1. The Bertz CT molecular complexity index is 488. The summed E-state index contributed by atoms with van der Waals surface area (Å²) in [5.41, 5.74) is 2.99. The van der Waals surface area contributed by atoms with E-state index in [4.69, 9.17) is 10.1 Å². The van der Waals surface area contributed by atoms with Crippen LogP contribution in [0.2, 0.25) is 0 Å². The summed E-state index contributed by atoms with van der Waals surface area (Å²) in [6.07, 6.45) is 0. The molecule has 5 nitrogen and oxygen atoms in total. The van der Waals surface area contributed by atoms with E-state index in [-0.39, 0.29) is 17.2 Å². The van der Waals surface area contributed by atoms with Crippen LogP contribution < -0.4 is 5.48 Å². The third-order valence-corrected chi connectivity index (χ3v) is 3.79. The van der Waals surface area contributed by atoms with Crippen molar-refractivity contribution in [2.45, 2.75) is 11.8 Å². The average Bonchev–Trinajstić information content (AvgIpc) is 2.35. The summed E-state index contributed by atoms with van der Waals surface area (Å²) in [5.74, 6) is -0.0428. The van der Waals surface area contributed by atoms with E-state index in [1.807, 2.05) is 13.0 Å². The van der Waals surface area contributed by atoms with Gasteiger partial charge in [-0.1, -0.05) is 0 Å². The van der Waals surface area contributed by atoms with Crippen LogP contribution in [-0.4, -0.2) is 27.3 Å². The van der Waals surface area contributed by atoms with Crippen molar-refractivity contribution >= 4 is 9.84 Å². The third kappa shape index (κ3) is 4.15. The Labute approximate surface area is 101 Å². The summed E-state index contributed by atoms with van der Waals surface area (Å²) in [7, 11) is -3.32. The van der Waals surface area contributed by atoms with E-state index in [1.54, 1.807) is 0 Å². The van der Waals surface area contributed by atoms with Crippen molar-refractivity contribution in [3.05, 3.63) is 29.8 Å². The van der Waals surface area contributed by atoms with Gasteiger partial charge >= 0.3 is 0 Å². The molecule has 1 aromatic rings. The minimum atomic E-state index is -3.32. The highest BCUT2D eigenvalue weighted by molar-refractivity contribution is 7.91. The zero-order chi connectivity index (χ0) is 12.7. The first-order chi connectivity index (χ1) is 8.10. The standard InChI is InChI=1S/C11H14N2O3S/c1-2-16-13-7-8-17(14,15)11-5-3-10(9-12)4-6-11/h3-6,13H,2,7-8H2,1H3. The Hall–Kier alpha value is -1.42. The quantitative estimate of drug-likeness (QED) is 0.602. The molecule has 0 amide bonds. The predicted octanol–water partition coefficient (Wildman–Crippen LogP) is 0.873. The van der Waals surface area contributed by atoms with Crippen molar-refractivity contribution in [1.82, 2.24) is 5.48 Å². The van der Waals surface area contributed by atoms with Crippen molar-refractivity contribution in [3.63, 3.8) is 0 Å². The van der Waals surface area contributed by atoms with Crippen LogP contribution in [0, 0.1) is 11.3 Å². The molecule has 0 saturated heterocycles. The maximum absolute atomic E-state index is 11.8. The SMILES string of the molecule is CCONCCS(=O)(=O)c1ccc(C#N)cc1. The van der Waals surface area contributed by atoms with Crippen LogP contribution >= 0.6 is 0 Å². The van der Waals surface area contributed by atoms with Gasteiger partial charge in [0.2, 0.25) is 0 Å². The van der Waals surface area contributed by atoms with Gasteiger partial charge in [-0.3, -0.25) is 0 Å². The van der Waals surface area contributed by atoms with Gasteiger partial charge in [0.1, 0.15) is 0 Å². The smallest absolute Gasteiger partial charge is 0.179 e. The number of hydrogen-bond acceptors (Lipinski definition) is 5. The molecular formula is C11H14N2O3S. The first-order valence-electron chi connectivity index (χ1n) is 5.17. The molecule has 0 atom stereocenters. The van der Waals surface area contributed by atoms with Crippen LogP contribution in [0.1, 0.15) is 12.5 Å². The molecule has 0 aliphatic heterocycles. The third-order valence-electron chi connectivity index (χ3n) is 2.06.